The van der Waals surface area contributed by atoms with Gasteiger partial charge in [0.15, 0.2) is 0 Å². The quantitative estimate of drug-likeness (QED) is 0.453. The molecule has 4 rings (SSSR count). The third-order valence-electron chi connectivity index (χ3n) is 8.21. The molecule has 2 aromatic rings. The summed E-state index contributed by atoms with van der Waals surface area (Å²) >= 11 is 0. The molecular formula is C32H41N3O6. The van der Waals surface area contributed by atoms with Gasteiger partial charge in [0.25, 0.3) is 0 Å². The van der Waals surface area contributed by atoms with E-state index in [0.29, 0.717) is 19.5 Å². The number of carboxylic acid groups (broad SMARTS) is 1. The van der Waals surface area contributed by atoms with Crippen molar-refractivity contribution in [1.82, 2.24) is 14.7 Å². The van der Waals surface area contributed by atoms with Crippen molar-refractivity contribution < 1.29 is 29.0 Å². The predicted molar refractivity (Wildman–Crippen MR) is 155 cm³/mol. The number of piperidine rings is 1. The largest absolute Gasteiger partial charge is 0.481 e. The number of amides is 3. The van der Waals surface area contributed by atoms with E-state index in [1.807, 2.05) is 50.2 Å². The first-order chi connectivity index (χ1) is 19.6. The van der Waals surface area contributed by atoms with Crippen molar-refractivity contribution in [3.63, 3.8) is 0 Å². The number of nitrogens with zero attached hydrogens (tertiary/aromatic N) is 3. The second-order valence-electron chi connectivity index (χ2n) is 11.5. The van der Waals surface area contributed by atoms with Crippen LogP contribution in [0.25, 0.3) is 11.1 Å². The fourth-order valence-corrected chi connectivity index (χ4v) is 5.96. The molecule has 1 fully saturated rings. The van der Waals surface area contributed by atoms with Crippen LogP contribution in [-0.4, -0.2) is 89.6 Å². The number of carbonyl (C=O) groups is 4. The van der Waals surface area contributed by atoms with Crippen molar-refractivity contribution in [2.45, 2.75) is 64.0 Å². The van der Waals surface area contributed by atoms with E-state index in [0.717, 1.165) is 41.5 Å². The normalized spacial score (nSPS) is 16.0. The number of likely N-dealkylation sites (N-methyl/N-ethyl adjacent to an activating group) is 2. The summed E-state index contributed by atoms with van der Waals surface area (Å²) in [6, 6.07) is 14.1. The van der Waals surface area contributed by atoms with E-state index in [1.54, 1.807) is 4.90 Å². The van der Waals surface area contributed by atoms with E-state index in [4.69, 9.17) is 4.74 Å². The van der Waals surface area contributed by atoms with Gasteiger partial charge in [-0.3, -0.25) is 19.3 Å². The monoisotopic (exact) mass is 563 g/mol. The van der Waals surface area contributed by atoms with Crippen LogP contribution < -0.4 is 0 Å². The van der Waals surface area contributed by atoms with Gasteiger partial charge in [0, 0.05) is 33.1 Å². The highest BCUT2D eigenvalue weighted by Gasteiger charge is 2.39. The molecule has 2 aliphatic rings. The van der Waals surface area contributed by atoms with Gasteiger partial charge in [-0.25, -0.2) is 4.79 Å². The lowest BCUT2D eigenvalue weighted by Gasteiger charge is -2.37. The van der Waals surface area contributed by atoms with Crippen LogP contribution in [0.15, 0.2) is 48.5 Å². The van der Waals surface area contributed by atoms with Crippen LogP contribution in [0.4, 0.5) is 4.79 Å². The van der Waals surface area contributed by atoms with Gasteiger partial charge in [0.05, 0.1) is 6.42 Å². The fourth-order valence-electron chi connectivity index (χ4n) is 5.96. The van der Waals surface area contributed by atoms with Crippen LogP contribution in [-0.2, 0) is 19.1 Å². The summed E-state index contributed by atoms with van der Waals surface area (Å²) in [6.07, 6.45) is 1.91. The SMILES string of the molecule is CC(C)CC(C(=O)N(C)C(CC(=O)O)C(=O)N1CCCCC1)N(C)C(=O)OCC1c2ccccc2-c2ccccc21. The molecular weight excluding hydrogens is 522 g/mol. The topological polar surface area (TPSA) is 107 Å². The van der Waals surface area contributed by atoms with Crippen LogP contribution >= 0.6 is 0 Å². The lowest BCUT2D eigenvalue weighted by Crippen LogP contribution is -2.56. The van der Waals surface area contributed by atoms with E-state index in [2.05, 4.69) is 12.1 Å². The average molecular weight is 564 g/mol. The Hall–Kier alpha value is -3.88. The lowest BCUT2D eigenvalue weighted by atomic mass is 9.98. The molecule has 9 nitrogen and oxygen atoms in total. The van der Waals surface area contributed by atoms with Gasteiger partial charge in [0.2, 0.25) is 11.8 Å². The van der Waals surface area contributed by atoms with Gasteiger partial charge in [0.1, 0.15) is 18.7 Å². The Labute approximate surface area is 242 Å². The molecule has 0 aromatic heterocycles. The smallest absolute Gasteiger partial charge is 0.410 e. The summed E-state index contributed by atoms with van der Waals surface area (Å²) in [7, 11) is 2.98. The van der Waals surface area contributed by atoms with E-state index in [-0.39, 0.29) is 24.3 Å². The number of carboxylic acids is 1. The summed E-state index contributed by atoms with van der Waals surface area (Å²) in [6.45, 7) is 5.10. The van der Waals surface area contributed by atoms with Crippen LogP contribution in [0.3, 0.4) is 0 Å². The van der Waals surface area contributed by atoms with Gasteiger partial charge >= 0.3 is 12.1 Å². The zero-order valence-corrected chi connectivity index (χ0v) is 24.4. The molecule has 2 unspecified atom stereocenters. The second kappa shape index (κ2) is 13.2. The third kappa shape index (κ3) is 6.72. The van der Waals surface area contributed by atoms with Crippen molar-refractivity contribution in [2.24, 2.45) is 5.92 Å². The maximum absolute atomic E-state index is 13.8. The molecule has 2 atom stereocenters. The van der Waals surface area contributed by atoms with Gasteiger partial charge in [-0.1, -0.05) is 62.4 Å². The van der Waals surface area contributed by atoms with Gasteiger partial charge in [-0.2, -0.15) is 0 Å². The summed E-state index contributed by atoms with van der Waals surface area (Å²) in [5.74, 6) is -2.08. The molecule has 1 saturated heterocycles. The van der Waals surface area contributed by atoms with Crippen molar-refractivity contribution in [3.8, 4) is 11.1 Å². The first-order valence-corrected chi connectivity index (χ1v) is 14.4. The molecule has 1 aliphatic carbocycles. The van der Waals surface area contributed by atoms with E-state index in [9.17, 15) is 24.3 Å². The molecule has 220 valence electrons. The zero-order valence-electron chi connectivity index (χ0n) is 24.4. The molecule has 9 heteroatoms. The van der Waals surface area contributed by atoms with Crippen molar-refractivity contribution in [3.05, 3.63) is 59.7 Å². The number of fused-ring (bicyclic) bond motifs is 3. The zero-order chi connectivity index (χ0) is 29.7. The number of ether oxygens (including phenoxy) is 1. The van der Waals surface area contributed by atoms with Crippen molar-refractivity contribution in [1.29, 1.82) is 0 Å². The average Bonchev–Trinajstić information content (AvgIpc) is 3.29. The van der Waals surface area contributed by atoms with Crippen LogP contribution in [0.1, 0.15) is 63.0 Å². The van der Waals surface area contributed by atoms with E-state index < -0.39 is 36.5 Å². The molecule has 0 radical (unpaired) electrons. The highest BCUT2D eigenvalue weighted by molar-refractivity contribution is 5.93. The molecule has 3 amide bonds. The van der Waals surface area contributed by atoms with Crippen molar-refractivity contribution in [2.75, 3.05) is 33.8 Å². The Morgan fingerprint density at radius 2 is 1.44 bits per heavy atom. The summed E-state index contributed by atoms with van der Waals surface area (Å²) in [4.78, 5) is 56.4. The number of carbonyl (C=O) groups excluding carboxylic acids is 3. The minimum absolute atomic E-state index is 0.0527. The van der Waals surface area contributed by atoms with Gasteiger partial charge < -0.3 is 19.6 Å². The Bertz CT molecular complexity index is 1230. The maximum Gasteiger partial charge on any atom is 0.410 e. The summed E-state index contributed by atoms with van der Waals surface area (Å²) in [5, 5.41) is 9.56. The Balaban J connectivity index is 1.50. The molecule has 1 aliphatic heterocycles. The standard InChI is InChI=1S/C32H41N3O6/c1-21(2)18-27(30(38)33(3)28(19-29(36)37)31(39)35-16-10-5-11-17-35)34(4)32(40)41-20-26-24-14-8-6-12-22(24)23-13-7-9-15-25(23)26/h6-9,12-15,21,26-28H,5,10-11,16-20H2,1-4H3,(H,36,37). The minimum atomic E-state index is -1.16. The Morgan fingerprint density at radius 3 is 1.98 bits per heavy atom. The van der Waals surface area contributed by atoms with Crippen LogP contribution in [0, 0.1) is 5.92 Å². The number of aliphatic carboxylic acids is 1. The molecule has 1 heterocycles. The number of likely N-dealkylation sites (tertiary alicyclic amines) is 1. The number of hydrogen-bond acceptors (Lipinski definition) is 5. The summed E-state index contributed by atoms with van der Waals surface area (Å²) in [5.41, 5.74) is 4.42. The first-order valence-electron chi connectivity index (χ1n) is 14.4. The minimum Gasteiger partial charge on any atom is -0.481 e. The Kier molecular flexibility index (Phi) is 9.68. The van der Waals surface area contributed by atoms with Gasteiger partial charge in [-0.15, -0.1) is 0 Å². The molecule has 0 bridgehead atoms. The predicted octanol–water partition coefficient (Wildman–Crippen LogP) is 4.60. The highest BCUT2D eigenvalue weighted by atomic mass is 16.6. The molecule has 0 spiro atoms. The van der Waals surface area contributed by atoms with Crippen LogP contribution in [0.2, 0.25) is 0 Å². The van der Waals surface area contributed by atoms with Crippen molar-refractivity contribution >= 4 is 23.9 Å². The number of benzene rings is 2. The second-order valence-corrected chi connectivity index (χ2v) is 11.5. The molecule has 0 saturated carbocycles. The maximum atomic E-state index is 13.8. The summed E-state index contributed by atoms with van der Waals surface area (Å²) < 4.78 is 5.81. The number of rotatable bonds is 10. The molecule has 1 N–H and O–H groups in total. The fraction of sp³-hybridized carbons (Fsp3) is 0.500. The molecule has 41 heavy (non-hydrogen) atoms. The Morgan fingerprint density at radius 1 is 0.878 bits per heavy atom. The first kappa shape index (κ1) is 30.1. The van der Waals surface area contributed by atoms with Crippen LogP contribution in [0.5, 0.6) is 0 Å². The lowest BCUT2D eigenvalue weighted by molar-refractivity contribution is -0.152. The number of hydrogen-bond donors (Lipinski definition) is 1. The van der Waals surface area contributed by atoms with Gasteiger partial charge in [-0.05, 0) is 53.9 Å². The molecule has 2 aromatic carbocycles. The van der Waals surface area contributed by atoms with E-state index in [1.165, 1.54) is 23.9 Å². The highest BCUT2D eigenvalue weighted by Crippen LogP contribution is 2.44. The van der Waals surface area contributed by atoms with E-state index >= 15 is 0 Å². The third-order valence-corrected chi connectivity index (χ3v) is 8.21.